The third kappa shape index (κ3) is 5.78. The van der Waals surface area contributed by atoms with E-state index in [1.807, 2.05) is 0 Å². The second kappa shape index (κ2) is 8.01. The molecule has 0 atom stereocenters. The number of hydrogen-bond acceptors (Lipinski definition) is 5. The van der Waals surface area contributed by atoms with E-state index in [1.165, 1.54) is 24.3 Å². The first-order chi connectivity index (χ1) is 11.8. The molecular weight excluding hydrogens is 364 g/mol. The summed E-state index contributed by atoms with van der Waals surface area (Å²) in [6.07, 6.45) is 0.632. The Balaban J connectivity index is 1.81. The highest BCUT2D eigenvalue weighted by Crippen LogP contribution is 2.15. The molecule has 0 spiro atoms. The van der Waals surface area contributed by atoms with E-state index in [0.29, 0.717) is 23.8 Å². The number of nitrogens with two attached hydrogens (primary N) is 1. The van der Waals surface area contributed by atoms with Gasteiger partial charge in [-0.25, -0.2) is 13.6 Å². The summed E-state index contributed by atoms with van der Waals surface area (Å²) in [5, 5.41) is 22.0. The molecule has 0 saturated heterocycles. The summed E-state index contributed by atoms with van der Waals surface area (Å²) in [6.45, 7) is 0.535. The smallest absolute Gasteiger partial charge is 0.269 e. The molecule has 0 aliphatic rings. The molecule has 2 aromatic rings. The molecule has 0 aromatic heterocycles. The molecule has 25 heavy (non-hydrogen) atoms. The summed E-state index contributed by atoms with van der Waals surface area (Å²) >= 11 is 5.15. The minimum Gasteiger partial charge on any atom is -0.362 e. The van der Waals surface area contributed by atoms with Crippen molar-refractivity contribution in [3.8, 4) is 0 Å². The van der Waals surface area contributed by atoms with Crippen molar-refractivity contribution in [2.45, 2.75) is 11.3 Å². The van der Waals surface area contributed by atoms with Crippen molar-refractivity contribution in [3.05, 3.63) is 64.2 Å². The predicted octanol–water partition coefficient (Wildman–Crippen LogP) is 1.77. The van der Waals surface area contributed by atoms with Gasteiger partial charge in [0.05, 0.1) is 9.82 Å². The Morgan fingerprint density at radius 3 is 2.24 bits per heavy atom. The summed E-state index contributed by atoms with van der Waals surface area (Å²) < 4.78 is 22.4. The second-order valence-corrected chi connectivity index (χ2v) is 7.09. The molecule has 8 nitrogen and oxygen atoms in total. The first kappa shape index (κ1) is 18.8. The number of nitro benzene ring substituents is 1. The number of primary sulfonamides is 1. The number of sulfonamides is 1. The Labute approximate surface area is 150 Å². The average Bonchev–Trinajstić information content (AvgIpc) is 2.55. The van der Waals surface area contributed by atoms with Crippen molar-refractivity contribution in [2.24, 2.45) is 5.14 Å². The highest BCUT2D eigenvalue weighted by Gasteiger charge is 2.07. The molecule has 132 valence electrons. The zero-order valence-electron chi connectivity index (χ0n) is 13.0. The maximum Gasteiger partial charge on any atom is 0.269 e. The van der Waals surface area contributed by atoms with Gasteiger partial charge in [-0.05, 0) is 48.5 Å². The van der Waals surface area contributed by atoms with Gasteiger partial charge in [0.15, 0.2) is 5.11 Å². The number of benzene rings is 2. The van der Waals surface area contributed by atoms with Crippen LogP contribution in [0.15, 0.2) is 53.4 Å². The lowest BCUT2D eigenvalue weighted by molar-refractivity contribution is -0.384. The third-order valence-electron chi connectivity index (χ3n) is 3.29. The Bertz CT molecular complexity index is 865. The van der Waals surface area contributed by atoms with Crippen molar-refractivity contribution in [3.63, 3.8) is 0 Å². The van der Waals surface area contributed by atoms with Crippen LogP contribution in [0.1, 0.15) is 5.56 Å². The lowest BCUT2D eigenvalue weighted by atomic mass is 10.1. The van der Waals surface area contributed by atoms with Crippen LogP contribution in [-0.2, 0) is 16.4 Å². The van der Waals surface area contributed by atoms with Crippen molar-refractivity contribution >= 4 is 38.7 Å². The minimum absolute atomic E-state index is 0.00682. The number of anilines is 1. The highest BCUT2D eigenvalue weighted by atomic mass is 32.2. The highest BCUT2D eigenvalue weighted by molar-refractivity contribution is 7.89. The van der Waals surface area contributed by atoms with E-state index in [0.717, 1.165) is 5.56 Å². The summed E-state index contributed by atoms with van der Waals surface area (Å²) in [7, 11) is -3.69. The standard InChI is InChI=1S/C15H16N4O4S2/c16-25(22,23)14-7-1-11(2-8-14)9-10-17-15(24)18-12-3-5-13(6-4-12)19(20)21/h1-8H,9-10H2,(H2,16,22,23)(H2,17,18,24). The van der Waals surface area contributed by atoms with Gasteiger partial charge in [-0.1, -0.05) is 12.1 Å². The molecule has 0 aliphatic heterocycles. The van der Waals surface area contributed by atoms with E-state index >= 15 is 0 Å². The van der Waals surface area contributed by atoms with Gasteiger partial charge in [0.2, 0.25) is 10.0 Å². The number of nitrogens with one attached hydrogen (secondary N) is 2. The molecular formula is C15H16N4O4S2. The summed E-state index contributed by atoms with van der Waals surface area (Å²) in [4.78, 5) is 10.2. The lowest BCUT2D eigenvalue weighted by Gasteiger charge is -2.10. The average molecular weight is 380 g/mol. The Morgan fingerprint density at radius 2 is 1.72 bits per heavy atom. The molecule has 4 N–H and O–H groups in total. The Morgan fingerprint density at radius 1 is 1.12 bits per heavy atom. The monoisotopic (exact) mass is 380 g/mol. The zero-order valence-corrected chi connectivity index (χ0v) is 14.6. The van der Waals surface area contributed by atoms with Crippen LogP contribution in [-0.4, -0.2) is 25.0 Å². The topological polar surface area (TPSA) is 127 Å². The van der Waals surface area contributed by atoms with Crippen molar-refractivity contribution in [2.75, 3.05) is 11.9 Å². The van der Waals surface area contributed by atoms with Gasteiger partial charge in [-0.3, -0.25) is 10.1 Å². The largest absolute Gasteiger partial charge is 0.362 e. The van der Waals surface area contributed by atoms with Crippen LogP contribution in [0, 0.1) is 10.1 Å². The Hall–Kier alpha value is -2.56. The summed E-state index contributed by atoms with van der Waals surface area (Å²) in [6, 6.07) is 12.2. The molecule has 0 saturated carbocycles. The second-order valence-electron chi connectivity index (χ2n) is 5.12. The molecule has 0 amide bonds. The van der Waals surface area contributed by atoms with Gasteiger partial charge in [0.1, 0.15) is 0 Å². The van der Waals surface area contributed by atoms with Gasteiger partial charge in [-0.2, -0.15) is 0 Å². The number of nitro groups is 1. The van der Waals surface area contributed by atoms with Crippen molar-refractivity contribution in [1.82, 2.24) is 5.32 Å². The van der Waals surface area contributed by atoms with Crippen LogP contribution in [0.25, 0.3) is 0 Å². The van der Waals surface area contributed by atoms with E-state index in [-0.39, 0.29) is 10.6 Å². The van der Waals surface area contributed by atoms with E-state index in [4.69, 9.17) is 17.4 Å². The number of hydrogen-bond donors (Lipinski definition) is 3. The third-order valence-corrected chi connectivity index (χ3v) is 4.46. The molecule has 0 bridgehead atoms. The molecule has 0 radical (unpaired) electrons. The SMILES string of the molecule is NS(=O)(=O)c1ccc(CCNC(=S)Nc2ccc([N+](=O)[O-])cc2)cc1. The minimum atomic E-state index is -3.69. The van der Waals surface area contributed by atoms with Crippen LogP contribution in [0.3, 0.4) is 0 Å². The lowest BCUT2D eigenvalue weighted by Crippen LogP contribution is -2.30. The maximum absolute atomic E-state index is 11.2. The number of rotatable bonds is 6. The van der Waals surface area contributed by atoms with Gasteiger partial charge in [0.25, 0.3) is 5.69 Å². The quantitative estimate of drug-likeness (QED) is 0.396. The zero-order chi connectivity index (χ0) is 18.4. The maximum atomic E-state index is 11.2. The van der Waals surface area contributed by atoms with Crippen LogP contribution in [0.5, 0.6) is 0 Å². The molecule has 0 fully saturated rings. The van der Waals surface area contributed by atoms with Gasteiger partial charge >= 0.3 is 0 Å². The first-order valence-electron chi connectivity index (χ1n) is 7.17. The van der Waals surface area contributed by atoms with E-state index in [9.17, 15) is 18.5 Å². The Kier molecular flexibility index (Phi) is 6.02. The normalized spacial score (nSPS) is 10.9. The fourth-order valence-electron chi connectivity index (χ4n) is 2.01. The fourth-order valence-corrected chi connectivity index (χ4v) is 2.74. The van der Waals surface area contributed by atoms with E-state index in [1.54, 1.807) is 24.3 Å². The molecule has 2 rings (SSSR count). The molecule has 0 unspecified atom stereocenters. The summed E-state index contributed by atoms with van der Waals surface area (Å²) in [5.41, 5.74) is 1.58. The van der Waals surface area contributed by atoms with Gasteiger partial charge in [0, 0.05) is 24.4 Å². The van der Waals surface area contributed by atoms with Crippen LogP contribution < -0.4 is 15.8 Å². The van der Waals surface area contributed by atoms with Gasteiger partial charge in [-0.15, -0.1) is 0 Å². The van der Waals surface area contributed by atoms with Crippen molar-refractivity contribution in [1.29, 1.82) is 0 Å². The number of thiocarbonyl (C=S) groups is 1. The molecule has 10 heteroatoms. The van der Waals surface area contributed by atoms with Gasteiger partial charge < -0.3 is 10.6 Å². The molecule has 0 heterocycles. The van der Waals surface area contributed by atoms with Crippen LogP contribution in [0.2, 0.25) is 0 Å². The molecule has 0 aliphatic carbocycles. The number of non-ortho nitro benzene ring substituents is 1. The van der Waals surface area contributed by atoms with Crippen molar-refractivity contribution < 1.29 is 13.3 Å². The molecule has 2 aromatic carbocycles. The summed E-state index contributed by atoms with van der Waals surface area (Å²) in [5.74, 6) is 0. The fraction of sp³-hybridized carbons (Fsp3) is 0.133. The van der Waals surface area contributed by atoms with Crippen LogP contribution in [0.4, 0.5) is 11.4 Å². The number of nitrogens with zero attached hydrogens (tertiary/aromatic N) is 1. The van der Waals surface area contributed by atoms with Crippen LogP contribution >= 0.6 is 12.2 Å². The first-order valence-corrected chi connectivity index (χ1v) is 9.12. The predicted molar refractivity (Wildman–Crippen MR) is 98.8 cm³/mol. The van der Waals surface area contributed by atoms with E-state index in [2.05, 4.69) is 10.6 Å². The van der Waals surface area contributed by atoms with E-state index < -0.39 is 14.9 Å².